The fraction of sp³-hybridized carbons (Fsp3) is 0.600. The number of aromatic nitrogens is 3. The van der Waals surface area contributed by atoms with E-state index in [2.05, 4.69) is 15.1 Å². The Labute approximate surface area is 98.7 Å². The Hall–Kier alpha value is -1.92. The number of carbonyl (C=O) groups excluding carboxylic acids is 1. The molecule has 0 saturated carbocycles. The number of rotatable bonds is 3. The molecule has 0 amide bonds. The van der Waals surface area contributed by atoms with Crippen molar-refractivity contribution in [3.63, 3.8) is 0 Å². The summed E-state index contributed by atoms with van der Waals surface area (Å²) in [6.07, 6.45) is 0. The molecule has 17 heavy (non-hydrogen) atoms. The van der Waals surface area contributed by atoms with E-state index in [4.69, 9.17) is 4.74 Å². The van der Waals surface area contributed by atoms with Gasteiger partial charge in [-0.2, -0.15) is 0 Å². The van der Waals surface area contributed by atoms with Crippen LogP contribution in [0.3, 0.4) is 0 Å². The summed E-state index contributed by atoms with van der Waals surface area (Å²) in [5.74, 6) is -0.465. The first kappa shape index (κ1) is 13.1. The van der Waals surface area contributed by atoms with Crippen molar-refractivity contribution in [2.45, 2.75) is 33.7 Å². The molecule has 0 radical (unpaired) electrons. The van der Waals surface area contributed by atoms with Crippen LogP contribution in [0, 0.1) is 13.8 Å². The molecule has 0 aliphatic carbocycles. The maximum atomic E-state index is 11.4. The SMILES string of the molecule is CCOC(=O)C(C)N=c1nc(C)c(C)nn1O. The monoisotopic (exact) mass is 240 g/mol. The van der Waals surface area contributed by atoms with Gasteiger partial charge in [-0.25, -0.2) is 14.8 Å². The van der Waals surface area contributed by atoms with E-state index in [1.165, 1.54) is 0 Å². The summed E-state index contributed by atoms with van der Waals surface area (Å²) in [6, 6.07) is -0.732. The average molecular weight is 240 g/mol. The summed E-state index contributed by atoms with van der Waals surface area (Å²) in [5, 5.41) is 13.3. The fourth-order valence-corrected chi connectivity index (χ4v) is 1.10. The lowest BCUT2D eigenvalue weighted by Gasteiger charge is -2.06. The lowest BCUT2D eigenvalue weighted by molar-refractivity contribution is -0.144. The second kappa shape index (κ2) is 5.42. The second-order valence-corrected chi connectivity index (χ2v) is 3.53. The summed E-state index contributed by atoms with van der Waals surface area (Å²) in [6.45, 7) is 7.03. The Bertz CT molecular complexity index is 481. The van der Waals surface area contributed by atoms with Gasteiger partial charge in [0.25, 0.3) is 5.62 Å². The summed E-state index contributed by atoms with van der Waals surface area (Å²) in [5.41, 5.74) is 1.22. The highest BCUT2D eigenvalue weighted by Crippen LogP contribution is 1.94. The third-order valence-corrected chi connectivity index (χ3v) is 2.15. The highest BCUT2D eigenvalue weighted by molar-refractivity contribution is 5.75. The van der Waals surface area contributed by atoms with Crippen LogP contribution in [0.2, 0.25) is 0 Å². The molecule has 1 aromatic rings. The number of carbonyl (C=O) groups is 1. The maximum Gasteiger partial charge on any atom is 0.330 e. The van der Waals surface area contributed by atoms with E-state index in [0.717, 1.165) is 0 Å². The van der Waals surface area contributed by atoms with Gasteiger partial charge >= 0.3 is 5.97 Å². The van der Waals surface area contributed by atoms with Crippen LogP contribution in [0.1, 0.15) is 25.2 Å². The van der Waals surface area contributed by atoms with Gasteiger partial charge in [0.15, 0.2) is 0 Å². The standard InChI is InChI=1S/C10H16N4O3/c1-5-17-9(15)8(4)12-10-11-6(2)7(3)13-14(10)16/h8,16H,5H2,1-4H3. The van der Waals surface area contributed by atoms with E-state index in [-0.39, 0.29) is 12.2 Å². The molecule has 0 aliphatic rings. The molecule has 0 spiro atoms. The van der Waals surface area contributed by atoms with Gasteiger partial charge in [0.2, 0.25) is 0 Å². The van der Waals surface area contributed by atoms with Gasteiger partial charge in [0.1, 0.15) is 6.04 Å². The zero-order valence-electron chi connectivity index (χ0n) is 10.3. The van der Waals surface area contributed by atoms with Gasteiger partial charge < -0.3 is 9.94 Å². The van der Waals surface area contributed by atoms with Crippen LogP contribution in [-0.2, 0) is 9.53 Å². The molecule has 1 aromatic heterocycles. The molecule has 1 N–H and O–H groups in total. The Morgan fingerprint density at radius 2 is 2.18 bits per heavy atom. The predicted octanol–water partition coefficient (Wildman–Crippen LogP) is -0.0155. The van der Waals surface area contributed by atoms with Gasteiger partial charge in [0.05, 0.1) is 18.0 Å². The Morgan fingerprint density at radius 3 is 2.76 bits per heavy atom. The Kier molecular flexibility index (Phi) is 4.19. The summed E-state index contributed by atoms with van der Waals surface area (Å²) in [4.78, 5) is 19.9. The first-order valence-electron chi connectivity index (χ1n) is 5.30. The maximum absolute atomic E-state index is 11.4. The van der Waals surface area contributed by atoms with Crippen LogP contribution < -0.4 is 5.62 Å². The molecule has 1 heterocycles. The van der Waals surface area contributed by atoms with Gasteiger partial charge in [-0.1, -0.05) is 4.85 Å². The zero-order chi connectivity index (χ0) is 13.0. The first-order chi connectivity index (χ1) is 7.95. The van der Waals surface area contributed by atoms with Crippen molar-refractivity contribution in [1.82, 2.24) is 14.9 Å². The van der Waals surface area contributed by atoms with Crippen molar-refractivity contribution in [1.29, 1.82) is 0 Å². The van der Waals surface area contributed by atoms with E-state index in [1.807, 2.05) is 0 Å². The molecule has 1 unspecified atom stereocenters. The lowest BCUT2D eigenvalue weighted by Crippen LogP contribution is -2.31. The van der Waals surface area contributed by atoms with Gasteiger partial charge in [-0.15, -0.1) is 5.10 Å². The molecule has 0 bridgehead atoms. The van der Waals surface area contributed by atoms with Crippen LogP contribution in [0.25, 0.3) is 0 Å². The van der Waals surface area contributed by atoms with Gasteiger partial charge in [-0.3, -0.25) is 0 Å². The van der Waals surface area contributed by atoms with Crippen LogP contribution in [-0.4, -0.2) is 38.8 Å². The van der Waals surface area contributed by atoms with Gasteiger partial charge in [-0.05, 0) is 27.7 Å². The normalized spacial score (nSPS) is 13.5. The van der Waals surface area contributed by atoms with E-state index in [9.17, 15) is 10.0 Å². The molecule has 0 fully saturated rings. The number of hydrogen-bond donors (Lipinski definition) is 1. The predicted molar refractivity (Wildman–Crippen MR) is 58.3 cm³/mol. The van der Waals surface area contributed by atoms with E-state index < -0.39 is 12.0 Å². The number of esters is 1. The largest absolute Gasteiger partial charge is 0.464 e. The molecular weight excluding hydrogens is 224 g/mol. The minimum atomic E-state index is -0.732. The van der Waals surface area contributed by atoms with E-state index in [1.54, 1.807) is 27.7 Å². The van der Waals surface area contributed by atoms with E-state index in [0.29, 0.717) is 16.2 Å². The van der Waals surface area contributed by atoms with Crippen molar-refractivity contribution >= 4 is 5.97 Å². The van der Waals surface area contributed by atoms with Crippen molar-refractivity contribution in [2.75, 3.05) is 6.61 Å². The highest BCUT2D eigenvalue weighted by atomic mass is 16.5. The number of hydrogen-bond acceptors (Lipinski definition) is 6. The molecule has 1 atom stereocenters. The van der Waals surface area contributed by atoms with Crippen LogP contribution >= 0.6 is 0 Å². The molecule has 0 saturated heterocycles. The van der Waals surface area contributed by atoms with E-state index >= 15 is 0 Å². The van der Waals surface area contributed by atoms with Crippen molar-refractivity contribution in [2.24, 2.45) is 4.99 Å². The number of aryl methyl sites for hydroxylation is 2. The van der Waals surface area contributed by atoms with Gasteiger partial charge in [0, 0.05) is 0 Å². The third-order valence-electron chi connectivity index (χ3n) is 2.15. The summed E-state index contributed by atoms with van der Waals surface area (Å²) >= 11 is 0. The third kappa shape index (κ3) is 3.27. The van der Waals surface area contributed by atoms with Crippen LogP contribution in [0.4, 0.5) is 0 Å². The minimum Gasteiger partial charge on any atom is -0.464 e. The molecular formula is C10H16N4O3. The van der Waals surface area contributed by atoms with Crippen molar-refractivity contribution in [3.8, 4) is 0 Å². The molecule has 7 heteroatoms. The first-order valence-corrected chi connectivity index (χ1v) is 5.30. The Balaban J connectivity index is 3.07. The Morgan fingerprint density at radius 1 is 1.53 bits per heavy atom. The summed E-state index contributed by atoms with van der Waals surface area (Å²) < 4.78 is 4.80. The lowest BCUT2D eigenvalue weighted by atomic mass is 10.3. The quantitative estimate of drug-likeness (QED) is 0.592. The number of nitrogens with zero attached hydrogens (tertiary/aromatic N) is 4. The fourth-order valence-electron chi connectivity index (χ4n) is 1.10. The zero-order valence-corrected chi connectivity index (χ0v) is 10.3. The molecule has 1 rings (SSSR count). The average Bonchev–Trinajstić information content (AvgIpc) is 2.26. The minimum absolute atomic E-state index is 0.0198. The smallest absolute Gasteiger partial charge is 0.330 e. The van der Waals surface area contributed by atoms with Crippen LogP contribution in [0.5, 0.6) is 0 Å². The topological polar surface area (TPSA) is 89.6 Å². The van der Waals surface area contributed by atoms with Crippen LogP contribution in [0.15, 0.2) is 4.99 Å². The van der Waals surface area contributed by atoms with Crippen molar-refractivity contribution < 1.29 is 14.7 Å². The summed E-state index contributed by atoms with van der Waals surface area (Å²) in [7, 11) is 0. The highest BCUT2D eigenvalue weighted by Gasteiger charge is 2.13. The molecule has 7 nitrogen and oxygen atoms in total. The van der Waals surface area contributed by atoms with Crippen molar-refractivity contribution in [3.05, 3.63) is 17.0 Å². The number of ether oxygens (including phenoxy) is 1. The molecule has 94 valence electrons. The molecule has 0 aromatic carbocycles. The molecule has 0 aliphatic heterocycles. The second-order valence-electron chi connectivity index (χ2n) is 3.53.